The molecular formula is C18H22N4O2. The summed E-state index contributed by atoms with van der Waals surface area (Å²) in [5.41, 5.74) is 8.80. The van der Waals surface area contributed by atoms with Crippen molar-refractivity contribution in [3.05, 3.63) is 65.0 Å². The molecule has 0 aliphatic heterocycles. The van der Waals surface area contributed by atoms with Crippen LogP contribution in [-0.4, -0.2) is 16.9 Å². The number of nitrogens with two attached hydrogens (primary N) is 1. The van der Waals surface area contributed by atoms with Gasteiger partial charge in [-0.05, 0) is 37.1 Å². The zero-order valence-electron chi connectivity index (χ0n) is 13.9. The van der Waals surface area contributed by atoms with Crippen LogP contribution in [0.3, 0.4) is 0 Å². The van der Waals surface area contributed by atoms with Crippen LogP contribution in [0, 0.1) is 13.8 Å². The van der Waals surface area contributed by atoms with Crippen molar-refractivity contribution < 1.29 is 9.59 Å². The SMILES string of the molecule is Cc1cccc(CNC(=O)CC(NC(N)=O)c2ccccc2C)n1. The topological polar surface area (TPSA) is 97.1 Å². The van der Waals surface area contributed by atoms with Crippen LogP contribution < -0.4 is 16.4 Å². The Kier molecular flexibility index (Phi) is 5.89. The predicted octanol–water partition coefficient (Wildman–Crippen LogP) is 2.11. The number of aromatic nitrogens is 1. The Morgan fingerprint density at radius 1 is 1.12 bits per heavy atom. The van der Waals surface area contributed by atoms with Crippen molar-refractivity contribution in [1.82, 2.24) is 15.6 Å². The fraction of sp³-hybridized carbons (Fsp3) is 0.278. The number of nitrogens with zero attached hydrogens (tertiary/aromatic N) is 1. The summed E-state index contributed by atoms with van der Waals surface area (Å²) >= 11 is 0. The number of pyridine rings is 1. The molecule has 1 atom stereocenters. The third kappa shape index (κ3) is 5.08. The average molecular weight is 326 g/mol. The molecule has 0 fully saturated rings. The van der Waals surface area contributed by atoms with Crippen molar-refractivity contribution in [1.29, 1.82) is 0 Å². The van der Waals surface area contributed by atoms with E-state index in [1.807, 2.05) is 56.3 Å². The molecule has 1 unspecified atom stereocenters. The summed E-state index contributed by atoms with van der Waals surface area (Å²) in [4.78, 5) is 27.8. The smallest absolute Gasteiger partial charge is 0.312 e. The third-order valence-corrected chi connectivity index (χ3v) is 3.68. The lowest BCUT2D eigenvalue weighted by Gasteiger charge is -2.19. The third-order valence-electron chi connectivity index (χ3n) is 3.68. The molecule has 0 spiro atoms. The van der Waals surface area contributed by atoms with Crippen molar-refractivity contribution in [2.24, 2.45) is 5.73 Å². The number of nitrogens with one attached hydrogen (secondary N) is 2. The molecule has 0 aliphatic rings. The quantitative estimate of drug-likeness (QED) is 0.758. The first-order chi connectivity index (χ1) is 11.5. The van der Waals surface area contributed by atoms with Crippen molar-refractivity contribution in [2.75, 3.05) is 0 Å². The molecule has 0 saturated heterocycles. The minimum Gasteiger partial charge on any atom is -0.352 e. The predicted molar refractivity (Wildman–Crippen MR) is 92.1 cm³/mol. The molecular weight excluding hydrogens is 304 g/mol. The molecule has 24 heavy (non-hydrogen) atoms. The molecule has 3 amide bonds. The van der Waals surface area contributed by atoms with Crippen LogP contribution in [0.25, 0.3) is 0 Å². The second-order valence-corrected chi connectivity index (χ2v) is 5.67. The van der Waals surface area contributed by atoms with E-state index in [2.05, 4.69) is 15.6 Å². The molecule has 0 saturated carbocycles. The highest BCUT2D eigenvalue weighted by Gasteiger charge is 2.18. The first kappa shape index (κ1) is 17.5. The lowest BCUT2D eigenvalue weighted by Crippen LogP contribution is -2.37. The summed E-state index contributed by atoms with van der Waals surface area (Å²) in [6.45, 7) is 4.17. The van der Waals surface area contributed by atoms with Gasteiger partial charge in [0.05, 0.1) is 24.7 Å². The minimum absolute atomic E-state index is 0.111. The Morgan fingerprint density at radius 3 is 2.54 bits per heavy atom. The molecule has 0 aliphatic carbocycles. The molecule has 0 radical (unpaired) electrons. The van der Waals surface area contributed by atoms with Gasteiger partial charge < -0.3 is 16.4 Å². The highest BCUT2D eigenvalue weighted by molar-refractivity contribution is 5.78. The second-order valence-electron chi connectivity index (χ2n) is 5.67. The van der Waals surface area contributed by atoms with Gasteiger partial charge in [0.25, 0.3) is 0 Å². The van der Waals surface area contributed by atoms with Gasteiger partial charge in [-0.2, -0.15) is 0 Å². The van der Waals surface area contributed by atoms with E-state index in [1.165, 1.54) is 0 Å². The summed E-state index contributed by atoms with van der Waals surface area (Å²) in [7, 11) is 0. The number of carbonyl (C=O) groups excluding carboxylic acids is 2. The summed E-state index contributed by atoms with van der Waals surface area (Å²) in [5.74, 6) is -0.180. The largest absolute Gasteiger partial charge is 0.352 e. The molecule has 1 aromatic heterocycles. The average Bonchev–Trinajstić information content (AvgIpc) is 2.52. The van der Waals surface area contributed by atoms with Gasteiger partial charge in [0.1, 0.15) is 0 Å². The number of rotatable bonds is 6. The van der Waals surface area contributed by atoms with Crippen LogP contribution in [0.2, 0.25) is 0 Å². The van der Waals surface area contributed by atoms with E-state index in [9.17, 15) is 9.59 Å². The lowest BCUT2D eigenvalue weighted by atomic mass is 9.98. The molecule has 4 N–H and O–H groups in total. The number of hydrogen-bond donors (Lipinski definition) is 3. The molecule has 1 aromatic carbocycles. The summed E-state index contributed by atoms with van der Waals surface area (Å²) in [6, 6.07) is 12.1. The maximum Gasteiger partial charge on any atom is 0.312 e. The first-order valence-electron chi connectivity index (χ1n) is 7.76. The summed E-state index contributed by atoms with van der Waals surface area (Å²) in [5, 5.41) is 5.46. The highest BCUT2D eigenvalue weighted by Crippen LogP contribution is 2.20. The number of hydrogen-bond acceptors (Lipinski definition) is 3. The van der Waals surface area contributed by atoms with Crippen LogP contribution >= 0.6 is 0 Å². The van der Waals surface area contributed by atoms with E-state index < -0.39 is 12.1 Å². The number of carbonyl (C=O) groups is 2. The number of amides is 3. The van der Waals surface area contributed by atoms with Crippen LogP contribution in [0.15, 0.2) is 42.5 Å². The Morgan fingerprint density at radius 2 is 1.88 bits per heavy atom. The lowest BCUT2D eigenvalue weighted by molar-refractivity contribution is -0.121. The van der Waals surface area contributed by atoms with Crippen molar-refractivity contribution in [3.63, 3.8) is 0 Å². The monoisotopic (exact) mass is 326 g/mol. The number of primary amides is 1. The molecule has 0 bridgehead atoms. The van der Waals surface area contributed by atoms with Gasteiger partial charge in [-0.3, -0.25) is 9.78 Å². The van der Waals surface area contributed by atoms with Crippen LogP contribution in [0.1, 0.15) is 35.0 Å². The van der Waals surface area contributed by atoms with Crippen LogP contribution in [0.5, 0.6) is 0 Å². The van der Waals surface area contributed by atoms with Crippen molar-refractivity contribution in [3.8, 4) is 0 Å². The van der Waals surface area contributed by atoms with Crippen LogP contribution in [0.4, 0.5) is 4.79 Å². The first-order valence-corrected chi connectivity index (χ1v) is 7.76. The highest BCUT2D eigenvalue weighted by atomic mass is 16.2. The van der Waals surface area contributed by atoms with Gasteiger partial charge in [-0.25, -0.2) is 4.79 Å². The number of aryl methyl sites for hydroxylation is 2. The fourth-order valence-electron chi connectivity index (χ4n) is 2.53. The Labute approximate surface area is 141 Å². The van der Waals surface area contributed by atoms with Gasteiger partial charge >= 0.3 is 6.03 Å². The van der Waals surface area contributed by atoms with Gasteiger partial charge in [0.15, 0.2) is 0 Å². The van der Waals surface area contributed by atoms with E-state index >= 15 is 0 Å². The number of benzene rings is 1. The molecule has 6 nitrogen and oxygen atoms in total. The minimum atomic E-state index is -0.656. The van der Waals surface area contributed by atoms with Gasteiger partial charge in [0, 0.05) is 5.69 Å². The second kappa shape index (κ2) is 8.10. The zero-order chi connectivity index (χ0) is 17.5. The van der Waals surface area contributed by atoms with E-state index in [4.69, 9.17) is 5.73 Å². The molecule has 2 aromatic rings. The molecule has 2 rings (SSSR count). The Bertz CT molecular complexity index is 730. The van der Waals surface area contributed by atoms with Crippen molar-refractivity contribution >= 4 is 11.9 Å². The van der Waals surface area contributed by atoms with E-state index in [0.717, 1.165) is 22.5 Å². The van der Waals surface area contributed by atoms with E-state index in [0.29, 0.717) is 6.54 Å². The van der Waals surface area contributed by atoms with E-state index in [-0.39, 0.29) is 12.3 Å². The van der Waals surface area contributed by atoms with E-state index in [1.54, 1.807) is 0 Å². The summed E-state index contributed by atoms with van der Waals surface area (Å²) in [6.07, 6.45) is 0.111. The zero-order valence-corrected chi connectivity index (χ0v) is 13.9. The van der Waals surface area contributed by atoms with Gasteiger partial charge in [-0.15, -0.1) is 0 Å². The maximum atomic E-state index is 12.2. The summed E-state index contributed by atoms with van der Waals surface area (Å²) < 4.78 is 0. The molecule has 1 heterocycles. The van der Waals surface area contributed by atoms with Crippen LogP contribution in [-0.2, 0) is 11.3 Å². The van der Waals surface area contributed by atoms with Gasteiger partial charge in [-0.1, -0.05) is 30.3 Å². The standard InChI is InChI=1S/C18H22N4O2/c1-12-6-3-4-9-15(12)16(22-18(19)24)10-17(23)20-11-14-8-5-7-13(2)21-14/h3-9,16H,10-11H2,1-2H3,(H,20,23)(H3,19,22,24). The molecule has 6 heteroatoms. The van der Waals surface area contributed by atoms with Crippen molar-refractivity contribution in [2.45, 2.75) is 32.9 Å². The molecule has 126 valence electrons. The normalized spacial score (nSPS) is 11.6. The van der Waals surface area contributed by atoms with Gasteiger partial charge in [0.2, 0.25) is 5.91 Å². The fourth-order valence-corrected chi connectivity index (χ4v) is 2.53. The Hall–Kier alpha value is -2.89. The number of urea groups is 1. The Balaban J connectivity index is 2.02. The maximum absolute atomic E-state index is 12.2.